The quantitative estimate of drug-likeness (QED) is 0.0275. The molecule has 0 bridgehead atoms. The molecule has 2 N–H and O–H groups in total. The number of carbonyl (C=O) groups is 1. The first-order valence-corrected chi connectivity index (χ1v) is 20.8. The van der Waals surface area contributed by atoms with Gasteiger partial charge in [-0.2, -0.15) is 17.4 Å². The van der Waals surface area contributed by atoms with Gasteiger partial charge in [-0.15, -0.1) is 0 Å². The molecule has 2 aliphatic heterocycles. The maximum Gasteiger partial charge on any atom is 0.303 e. The van der Waals surface area contributed by atoms with E-state index in [-0.39, 0.29) is 44.4 Å². The van der Waals surface area contributed by atoms with Crippen molar-refractivity contribution in [2.24, 2.45) is 0 Å². The number of nitrogens with zero attached hydrogens (tertiary/aromatic N) is 2. The molecular formula is C37H41ClF4N2O8S2. The maximum atomic E-state index is 15.7. The van der Waals surface area contributed by atoms with Crippen molar-refractivity contribution in [3.63, 3.8) is 0 Å². The van der Waals surface area contributed by atoms with E-state index in [1.165, 1.54) is 17.6 Å². The molecule has 0 aliphatic carbocycles. The zero-order chi connectivity index (χ0) is 39.8. The highest BCUT2D eigenvalue weighted by Crippen LogP contribution is 2.48. The summed E-state index contributed by atoms with van der Waals surface area (Å²) in [5.74, 6) is -9.27. The van der Waals surface area contributed by atoms with Crippen LogP contribution in [0.3, 0.4) is 0 Å². The van der Waals surface area contributed by atoms with Crippen molar-refractivity contribution >= 4 is 61.0 Å². The first kappa shape index (κ1) is 42.9. The molecule has 0 saturated heterocycles. The number of rotatable bonds is 19. The smallest absolute Gasteiger partial charge is 0.303 e. The summed E-state index contributed by atoms with van der Waals surface area (Å²) in [6.07, 6.45) is 13.2. The molecule has 1 unspecified atom stereocenters. The number of anilines is 1. The molecule has 2 aromatic rings. The number of halogens is 5. The van der Waals surface area contributed by atoms with Gasteiger partial charge in [0.1, 0.15) is 6.54 Å². The van der Waals surface area contributed by atoms with Gasteiger partial charge < -0.3 is 14.6 Å². The third kappa shape index (κ3) is 10.9. The Bertz CT molecular complexity index is 2140. The molecule has 0 radical (unpaired) electrons. The van der Waals surface area contributed by atoms with Gasteiger partial charge in [0.15, 0.2) is 17.3 Å². The van der Waals surface area contributed by atoms with E-state index in [0.717, 1.165) is 11.3 Å². The number of carboxylic acid groups (broad SMARTS) is 1. The summed E-state index contributed by atoms with van der Waals surface area (Å²) in [5, 5.41) is 9.49. The van der Waals surface area contributed by atoms with Crippen LogP contribution in [0.2, 0.25) is 5.02 Å². The molecule has 4 rings (SSSR count). The predicted octanol–water partition coefficient (Wildman–Crippen LogP) is 7.81. The maximum absolute atomic E-state index is 15.7. The predicted molar refractivity (Wildman–Crippen MR) is 198 cm³/mol. The van der Waals surface area contributed by atoms with E-state index in [2.05, 4.69) is 0 Å². The van der Waals surface area contributed by atoms with Crippen LogP contribution in [0.25, 0.3) is 6.08 Å². The van der Waals surface area contributed by atoms with E-state index in [0.29, 0.717) is 42.9 Å². The minimum atomic E-state index is -4.38. The van der Waals surface area contributed by atoms with Gasteiger partial charge in [0, 0.05) is 47.6 Å². The Balaban J connectivity index is 1.71. The Labute approximate surface area is 317 Å². The molecule has 0 saturated carbocycles. The van der Waals surface area contributed by atoms with Crippen molar-refractivity contribution in [1.82, 2.24) is 0 Å². The lowest BCUT2D eigenvalue weighted by molar-refractivity contribution is -0.441. The molecule has 294 valence electrons. The molecule has 17 heteroatoms. The average Bonchev–Trinajstić information content (AvgIpc) is 3.33. The van der Waals surface area contributed by atoms with Crippen LogP contribution in [0.4, 0.5) is 28.9 Å². The Morgan fingerprint density at radius 2 is 1.61 bits per heavy atom. The van der Waals surface area contributed by atoms with Crippen LogP contribution < -0.4 is 4.90 Å². The number of allylic oxidation sites excluding steroid dienone is 6. The summed E-state index contributed by atoms with van der Waals surface area (Å²) >= 11 is 6.27. The fourth-order valence-corrected chi connectivity index (χ4v) is 8.07. The normalized spacial score (nSPS) is 18.1. The molecule has 10 nitrogen and oxygen atoms in total. The van der Waals surface area contributed by atoms with Crippen LogP contribution in [0.1, 0.15) is 75.8 Å². The molecule has 0 amide bonds. The Hall–Kier alpha value is -3.83. The highest BCUT2D eigenvalue weighted by Gasteiger charge is 2.53. The van der Waals surface area contributed by atoms with Crippen LogP contribution in [-0.4, -0.2) is 71.9 Å². The summed E-state index contributed by atoms with van der Waals surface area (Å²) in [4.78, 5) is 12.9. The third-order valence-electron chi connectivity index (χ3n) is 9.32. The number of carboxylic acids is 1. The van der Waals surface area contributed by atoms with Gasteiger partial charge >= 0.3 is 5.97 Å². The zero-order valence-electron chi connectivity index (χ0n) is 29.4. The molecule has 0 fully saturated rings. The van der Waals surface area contributed by atoms with E-state index in [9.17, 15) is 39.5 Å². The van der Waals surface area contributed by atoms with Gasteiger partial charge in [-0.3, -0.25) is 9.35 Å². The standard InChI is InChI=1S/C37H41ClF4N2O8S2/c1-37(19-7-10-22-53(47,48)49)29(44(21-8-3-6-14-30(45)46)36-31(37)32(39)33(40)34(41)35(36)42)13-5-2-4-12-27-18-16-25-15-17-26(38)24-28(25)43(27)20-9-11-23-54(50,51)52/h2,4-5,12-13,15-18,24H,3,6-11,14,19-23H2,1H3,(H2-,45,46,47,48,49,50,51,52). The minimum absolute atomic E-state index is 0.00251. The highest BCUT2D eigenvalue weighted by atomic mass is 35.5. The first-order valence-electron chi connectivity index (χ1n) is 17.3. The second-order valence-electron chi connectivity index (χ2n) is 13.3. The topological polar surface area (TPSA) is 155 Å². The van der Waals surface area contributed by atoms with E-state index in [1.807, 2.05) is 23.1 Å². The Morgan fingerprint density at radius 3 is 2.30 bits per heavy atom. The van der Waals surface area contributed by atoms with Crippen molar-refractivity contribution in [3.05, 3.63) is 99.8 Å². The molecule has 1 atom stereocenters. The first-order chi connectivity index (χ1) is 25.3. The molecule has 54 heavy (non-hydrogen) atoms. The lowest BCUT2D eigenvalue weighted by Crippen LogP contribution is -2.32. The summed E-state index contributed by atoms with van der Waals surface area (Å²) < 4.78 is 127. The van der Waals surface area contributed by atoms with Gasteiger partial charge in [0.25, 0.3) is 15.8 Å². The summed E-state index contributed by atoms with van der Waals surface area (Å²) in [5.41, 5.74) is 0.157. The molecule has 0 aromatic heterocycles. The van der Waals surface area contributed by atoms with Gasteiger partial charge in [-0.05, 0) is 75.3 Å². The minimum Gasteiger partial charge on any atom is -0.748 e. The number of hydrogen-bond acceptors (Lipinski definition) is 7. The van der Waals surface area contributed by atoms with Crippen molar-refractivity contribution in [3.8, 4) is 0 Å². The van der Waals surface area contributed by atoms with Gasteiger partial charge in [-0.25, -0.2) is 21.6 Å². The van der Waals surface area contributed by atoms with Gasteiger partial charge in [0.2, 0.25) is 11.6 Å². The number of hydrogen-bond donors (Lipinski definition) is 2. The molecular weight excluding hydrogens is 776 g/mol. The summed E-state index contributed by atoms with van der Waals surface area (Å²) in [6, 6.07) is 5.32. The molecule has 2 heterocycles. The number of benzene rings is 2. The van der Waals surface area contributed by atoms with E-state index >= 15 is 8.78 Å². The summed E-state index contributed by atoms with van der Waals surface area (Å²) in [7, 11) is -8.70. The van der Waals surface area contributed by atoms with E-state index in [4.69, 9.17) is 16.7 Å². The lowest BCUT2D eigenvalue weighted by Gasteiger charge is -2.30. The fourth-order valence-electron chi connectivity index (χ4n) is 6.77. The number of unbranched alkanes of at least 4 members (excludes halogenated alkanes) is 4. The monoisotopic (exact) mass is 816 g/mol. The second kappa shape index (κ2) is 18.2. The van der Waals surface area contributed by atoms with Gasteiger partial charge in [0.05, 0.1) is 26.8 Å². The Morgan fingerprint density at radius 1 is 0.907 bits per heavy atom. The Kier molecular flexibility index (Phi) is 14.5. The molecule has 0 spiro atoms. The molecule has 2 aliphatic rings. The van der Waals surface area contributed by atoms with Gasteiger partial charge in [-0.1, -0.05) is 48.4 Å². The van der Waals surface area contributed by atoms with Crippen molar-refractivity contribution in [2.45, 2.75) is 70.1 Å². The SMILES string of the molecule is CC1(CCCCS(=O)(=O)O)C(/C=C/C=C/C=C2\C=Cc3ccc(Cl)cc3N2CCCCS(=O)(=O)[O-])=[N+](CCCCCC(=O)O)c2c(F)c(F)c(F)c(F)c21. The van der Waals surface area contributed by atoms with Crippen molar-refractivity contribution in [2.75, 3.05) is 29.5 Å². The van der Waals surface area contributed by atoms with Crippen molar-refractivity contribution in [1.29, 1.82) is 0 Å². The van der Waals surface area contributed by atoms with Crippen molar-refractivity contribution < 1.29 is 58.0 Å². The van der Waals surface area contributed by atoms with E-state index < -0.39 is 77.6 Å². The number of fused-ring (bicyclic) bond motifs is 2. The van der Waals surface area contributed by atoms with Crippen LogP contribution in [0.5, 0.6) is 0 Å². The van der Waals surface area contributed by atoms with E-state index in [1.54, 1.807) is 36.4 Å². The highest BCUT2D eigenvalue weighted by molar-refractivity contribution is 7.85. The average molecular weight is 817 g/mol. The largest absolute Gasteiger partial charge is 0.748 e. The zero-order valence-corrected chi connectivity index (χ0v) is 31.8. The number of aliphatic carboxylic acids is 1. The fraction of sp³-hybridized carbons (Fsp3) is 0.405. The summed E-state index contributed by atoms with van der Waals surface area (Å²) in [6.45, 7) is 1.87. The second-order valence-corrected chi connectivity index (χ2v) is 16.8. The van der Waals surface area contributed by atoms with Crippen LogP contribution in [-0.2, 0) is 30.4 Å². The lowest BCUT2D eigenvalue weighted by atomic mass is 9.75. The van der Waals surface area contributed by atoms with Crippen LogP contribution in [0.15, 0.2) is 60.4 Å². The van der Waals surface area contributed by atoms with Crippen LogP contribution >= 0.6 is 11.6 Å². The molecule has 2 aromatic carbocycles. The third-order valence-corrected chi connectivity index (χ3v) is 11.1. The van der Waals surface area contributed by atoms with Crippen LogP contribution in [0, 0.1) is 23.3 Å².